The van der Waals surface area contributed by atoms with Crippen LogP contribution in [0.5, 0.6) is 11.5 Å². The van der Waals surface area contributed by atoms with Gasteiger partial charge in [-0.05, 0) is 31.0 Å². The largest absolute Gasteiger partial charge is 0.493 e. The molecule has 2 N–H and O–H groups in total. The second kappa shape index (κ2) is 9.46. The Morgan fingerprint density at radius 1 is 1.19 bits per heavy atom. The maximum Gasteiger partial charge on any atom is 0.325 e. The number of nitrogens with zero attached hydrogens (tertiary/aromatic N) is 2. The number of hydrogen-bond donors (Lipinski definition) is 2. The highest BCUT2D eigenvalue weighted by atomic mass is 16.5. The summed E-state index contributed by atoms with van der Waals surface area (Å²) in [6, 6.07) is 8.09. The van der Waals surface area contributed by atoms with Gasteiger partial charge in [-0.3, -0.25) is 19.5 Å². The van der Waals surface area contributed by atoms with Crippen molar-refractivity contribution in [1.82, 2.24) is 15.2 Å². The molecule has 31 heavy (non-hydrogen) atoms. The van der Waals surface area contributed by atoms with E-state index in [1.54, 1.807) is 30.6 Å². The Bertz CT molecular complexity index is 960. The maximum atomic E-state index is 12.7. The average Bonchev–Trinajstić information content (AvgIpc) is 3.03. The number of aromatic nitrogens is 1. The summed E-state index contributed by atoms with van der Waals surface area (Å²) >= 11 is 0. The summed E-state index contributed by atoms with van der Waals surface area (Å²) in [4.78, 5) is 42.4. The number of anilines is 1. The summed E-state index contributed by atoms with van der Waals surface area (Å²) in [5.41, 5.74) is 0.397. The molecule has 1 aromatic heterocycles. The van der Waals surface area contributed by atoms with Gasteiger partial charge in [0.1, 0.15) is 18.7 Å². The molecular formula is C22H26N4O5. The predicted octanol–water partition coefficient (Wildman–Crippen LogP) is 2.72. The van der Waals surface area contributed by atoms with Crippen LogP contribution in [0.1, 0.15) is 32.3 Å². The molecule has 1 fully saturated rings. The standard InChI is InChI=1S/C22H26N4O5/c1-4-22(5-2)20(28)26(21(29)25-22)13-19(27)24-16-8-9-17(30-3)18(11-16)31-14-15-7-6-10-23-12-15/h6-12H,4-5,13-14H2,1-3H3,(H,24,27)(H,25,29). The lowest BCUT2D eigenvalue weighted by Crippen LogP contribution is -2.46. The number of methoxy groups -OCH3 is 1. The lowest BCUT2D eigenvalue weighted by Gasteiger charge is -2.23. The van der Waals surface area contributed by atoms with Crippen molar-refractivity contribution < 1.29 is 23.9 Å². The molecule has 2 aromatic rings. The lowest BCUT2D eigenvalue weighted by molar-refractivity contribution is -0.134. The van der Waals surface area contributed by atoms with E-state index in [0.29, 0.717) is 30.0 Å². The zero-order chi connectivity index (χ0) is 22.4. The fraction of sp³-hybridized carbons (Fsp3) is 0.364. The van der Waals surface area contributed by atoms with Crippen molar-refractivity contribution >= 4 is 23.5 Å². The number of ether oxygens (including phenoxy) is 2. The highest BCUT2D eigenvalue weighted by molar-refractivity contribution is 6.10. The van der Waals surface area contributed by atoms with Crippen molar-refractivity contribution in [1.29, 1.82) is 0 Å². The number of benzene rings is 1. The van der Waals surface area contributed by atoms with Gasteiger partial charge in [0.2, 0.25) is 5.91 Å². The van der Waals surface area contributed by atoms with E-state index in [0.717, 1.165) is 10.5 Å². The molecule has 1 saturated heterocycles. The normalized spacial score (nSPS) is 14.9. The van der Waals surface area contributed by atoms with Crippen LogP contribution < -0.4 is 20.1 Å². The Morgan fingerprint density at radius 3 is 2.58 bits per heavy atom. The molecule has 0 bridgehead atoms. The zero-order valence-electron chi connectivity index (χ0n) is 17.8. The SMILES string of the molecule is CCC1(CC)NC(=O)N(CC(=O)Nc2ccc(OC)c(OCc3cccnc3)c2)C1=O. The van der Waals surface area contributed by atoms with E-state index in [1.807, 2.05) is 26.0 Å². The van der Waals surface area contributed by atoms with Crippen LogP contribution in [0.15, 0.2) is 42.7 Å². The van der Waals surface area contributed by atoms with Crippen LogP contribution in [0.3, 0.4) is 0 Å². The molecule has 164 valence electrons. The van der Waals surface area contributed by atoms with Crippen LogP contribution in [-0.2, 0) is 16.2 Å². The third-order valence-electron chi connectivity index (χ3n) is 5.32. The molecule has 0 saturated carbocycles. The average molecular weight is 426 g/mol. The van der Waals surface area contributed by atoms with Crippen molar-refractivity contribution in [2.24, 2.45) is 0 Å². The number of carbonyl (C=O) groups excluding carboxylic acids is 3. The topological polar surface area (TPSA) is 110 Å². The first-order chi connectivity index (χ1) is 14.9. The Kier molecular flexibility index (Phi) is 6.74. The van der Waals surface area contributed by atoms with Crippen LogP contribution in [0, 0.1) is 0 Å². The van der Waals surface area contributed by atoms with Crippen LogP contribution in [-0.4, -0.2) is 46.9 Å². The number of carbonyl (C=O) groups is 3. The molecule has 3 rings (SSSR count). The smallest absolute Gasteiger partial charge is 0.325 e. The first-order valence-electron chi connectivity index (χ1n) is 10.1. The van der Waals surface area contributed by atoms with Crippen molar-refractivity contribution in [3.8, 4) is 11.5 Å². The molecule has 2 heterocycles. The van der Waals surface area contributed by atoms with Crippen molar-refractivity contribution in [3.63, 3.8) is 0 Å². The zero-order valence-corrected chi connectivity index (χ0v) is 17.8. The predicted molar refractivity (Wildman–Crippen MR) is 114 cm³/mol. The van der Waals surface area contributed by atoms with E-state index in [-0.39, 0.29) is 19.1 Å². The molecule has 1 aromatic carbocycles. The third kappa shape index (κ3) is 4.76. The molecule has 0 radical (unpaired) electrons. The minimum Gasteiger partial charge on any atom is -0.493 e. The monoisotopic (exact) mass is 426 g/mol. The Labute approximate surface area is 180 Å². The van der Waals surface area contributed by atoms with Gasteiger partial charge in [0.15, 0.2) is 11.5 Å². The third-order valence-corrected chi connectivity index (χ3v) is 5.32. The summed E-state index contributed by atoms with van der Waals surface area (Å²) in [5, 5.41) is 5.41. The number of hydrogen-bond acceptors (Lipinski definition) is 6. The van der Waals surface area contributed by atoms with E-state index in [1.165, 1.54) is 7.11 Å². The van der Waals surface area contributed by atoms with Crippen LogP contribution in [0.25, 0.3) is 0 Å². The number of rotatable bonds is 9. The minimum atomic E-state index is -0.940. The quantitative estimate of drug-likeness (QED) is 0.597. The number of nitrogens with one attached hydrogen (secondary N) is 2. The van der Waals surface area contributed by atoms with Gasteiger partial charge in [-0.1, -0.05) is 19.9 Å². The first kappa shape index (κ1) is 22.1. The Morgan fingerprint density at radius 2 is 1.97 bits per heavy atom. The fourth-order valence-corrected chi connectivity index (χ4v) is 3.41. The van der Waals surface area contributed by atoms with Crippen molar-refractivity contribution in [3.05, 3.63) is 48.3 Å². The lowest BCUT2D eigenvalue weighted by atomic mass is 9.93. The molecular weight excluding hydrogens is 400 g/mol. The summed E-state index contributed by atoms with van der Waals surface area (Å²) in [6.07, 6.45) is 4.30. The summed E-state index contributed by atoms with van der Waals surface area (Å²) in [5.74, 6) is 0.0737. The first-order valence-corrected chi connectivity index (χ1v) is 10.1. The van der Waals surface area contributed by atoms with Crippen molar-refractivity contribution in [2.75, 3.05) is 19.0 Å². The van der Waals surface area contributed by atoms with Gasteiger partial charge in [-0.2, -0.15) is 0 Å². The molecule has 9 nitrogen and oxygen atoms in total. The summed E-state index contributed by atoms with van der Waals surface area (Å²) < 4.78 is 11.1. The Balaban J connectivity index is 1.67. The molecule has 0 spiro atoms. The van der Waals surface area contributed by atoms with Gasteiger partial charge in [-0.15, -0.1) is 0 Å². The highest BCUT2D eigenvalue weighted by Crippen LogP contribution is 2.31. The number of urea groups is 1. The second-order valence-corrected chi connectivity index (χ2v) is 7.17. The van der Waals surface area contributed by atoms with Gasteiger partial charge in [-0.25, -0.2) is 4.79 Å². The van der Waals surface area contributed by atoms with E-state index in [9.17, 15) is 14.4 Å². The van der Waals surface area contributed by atoms with E-state index in [4.69, 9.17) is 9.47 Å². The number of amides is 4. The summed E-state index contributed by atoms with van der Waals surface area (Å²) in [7, 11) is 1.52. The molecule has 0 aliphatic carbocycles. The molecule has 9 heteroatoms. The van der Waals surface area contributed by atoms with Crippen molar-refractivity contribution in [2.45, 2.75) is 38.8 Å². The van der Waals surface area contributed by atoms with Crippen LogP contribution in [0.4, 0.5) is 10.5 Å². The van der Waals surface area contributed by atoms with E-state index < -0.39 is 17.5 Å². The van der Waals surface area contributed by atoms with Gasteiger partial charge < -0.3 is 20.1 Å². The van der Waals surface area contributed by atoms with Crippen LogP contribution in [0.2, 0.25) is 0 Å². The van der Waals surface area contributed by atoms with Gasteiger partial charge in [0.05, 0.1) is 7.11 Å². The molecule has 1 aliphatic heterocycles. The number of imide groups is 1. The highest BCUT2D eigenvalue weighted by Gasteiger charge is 2.49. The minimum absolute atomic E-state index is 0.278. The fourth-order valence-electron chi connectivity index (χ4n) is 3.41. The van der Waals surface area contributed by atoms with Gasteiger partial charge in [0, 0.05) is 29.7 Å². The Hall–Kier alpha value is -3.62. The number of pyridine rings is 1. The van der Waals surface area contributed by atoms with Gasteiger partial charge in [0.25, 0.3) is 5.91 Å². The second-order valence-electron chi connectivity index (χ2n) is 7.17. The molecule has 4 amide bonds. The summed E-state index contributed by atoms with van der Waals surface area (Å²) in [6.45, 7) is 3.57. The molecule has 0 unspecified atom stereocenters. The van der Waals surface area contributed by atoms with E-state index >= 15 is 0 Å². The molecule has 1 aliphatic rings. The maximum absolute atomic E-state index is 12.7. The molecule has 0 atom stereocenters. The van der Waals surface area contributed by atoms with Crippen LogP contribution >= 0.6 is 0 Å². The van der Waals surface area contributed by atoms with E-state index in [2.05, 4.69) is 15.6 Å². The van der Waals surface area contributed by atoms with Gasteiger partial charge >= 0.3 is 6.03 Å².